The molecule has 0 unspecified atom stereocenters. The van der Waals surface area contributed by atoms with E-state index in [4.69, 9.17) is 0 Å². The molecule has 5 heteroatoms. The Balaban J connectivity index is 2.66. The maximum Gasteiger partial charge on any atom is 0.234 e. The summed E-state index contributed by atoms with van der Waals surface area (Å²) in [5.74, 6) is 0.174. The first-order valence-corrected chi connectivity index (χ1v) is 8.73. The minimum Gasteiger partial charge on any atom is -0.317 e. The van der Waals surface area contributed by atoms with Gasteiger partial charge in [0.25, 0.3) is 0 Å². The van der Waals surface area contributed by atoms with Crippen molar-refractivity contribution in [3.05, 3.63) is 29.3 Å². The van der Waals surface area contributed by atoms with Gasteiger partial charge in [0, 0.05) is 7.05 Å². The molecule has 1 aromatic rings. The fourth-order valence-electron chi connectivity index (χ4n) is 2.11. The molecular weight excluding hydrogens is 272 g/mol. The van der Waals surface area contributed by atoms with E-state index in [1.54, 1.807) is 7.05 Å². The largest absolute Gasteiger partial charge is 0.317 e. The molecule has 0 saturated heterocycles. The zero-order valence-electron chi connectivity index (χ0n) is 12.9. The molecular formula is C15H26N2O2S. The van der Waals surface area contributed by atoms with Gasteiger partial charge in [-0.1, -0.05) is 13.0 Å². The Kier molecular flexibility index (Phi) is 6.49. The summed E-state index contributed by atoms with van der Waals surface area (Å²) in [5.41, 5.74) is 2.89. The second-order valence-electron chi connectivity index (χ2n) is 5.23. The Morgan fingerprint density at radius 3 is 2.25 bits per heavy atom. The van der Waals surface area contributed by atoms with Gasteiger partial charge in [-0.15, -0.1) is 0 Å². The third-order valence-corrected chi connectivity index (χ3v) is 5.02. The van der Waals surface area contributed by atoms with Crippen LogP contribution in [0.25, 0.3) is 0 Å². The smallest absolute Gasteiger partial charge is 0.234 e. The van der Waals surface area contributed by atoms with Crippen molar-refractivity contribution >= 4 is 15.7 Å². The first kappa shape index (κ1) is 17.0. The average Bonchev–Trinajstić information content (AvgIpc) is 2.36. The quantitative estimate of drug-likeness (QED) is 0.750. The van der Waals surface area contributed by atoms with Crippen molar-refractivity contribution in [2.75, 3.05) is 30.2 Å². The van der Waals surface area contributed by atoms with Gasteiger partial charge in [0.05, 0.1) is 11.4 Å². The van der Waals surface area contributed by atoms with E-state index in [-0.39, 0.29) is 5.75 Å². The molecule has 1 rings (SSSR count). The molecule has 0 spiro atoms. The van der Waals surface area contributed by atoms with Gasteiger partial charge < -0.3 is 5.32 Å². The SMILES string of the molecule is CCCNCCCS(=O)(=O)N(C)c1cc(C)cc(C)c1. The van der Waals surface area contributed by atoms with Crippen LogP contribution in [0.2, 0.25) is 0 Å². The average molecular weight is 298 g/mol. The van der Waals surface area contributed by atoms with Crippen molar-refractivity contribution in [1.82, 2.24) is 5.32 Å². The zero-order chi connectivity index (χ0) is 15.2. The molecule has 0 aromatic heterocycles. The molecule has 0 aliphatic carbocycles. The molecule has 1 N–H and O–H groups in total. The normalized spacial score (nSPS) is 11.6. The standard InChI is InChI=1S/C15H26N2O2S/c1-5-7-16-8-6-9-20(18,19)17(4)15-11-13(2)10-14(3)12-15/h10-12,16H,5-9H2,1-4H3. The third kappa shape index (κ3) is 5.13. The van der Waals surface area contributed by atoms with Crippen LogP contribution in [-0.4, -0.2) is 34.3 Å². The van der Waals surface area contributed by atoms with Crippen molar-refractivity contribution in [2.24, 2.45) is 0 Å². The van der Waals surface area contributed by atoms with Crippen LogP contribution in [0.4, 0.5) is 5.69 Å². The number of benzene rings is 1. The summed E-state index contributed by atoms with van der Waals surface area (Å²) in [4.78, 5) is 0. The zero-order valence-corrected chi connectivity index (χ0v) is 13.8. The molecule has 0 saturated carbocycles. The first-order valence-electron chi connectivity index (χ1n) is 7.12. The highest BCUT2D eigenvalue weighted by Crippen LogP contribution is 2.20. The predicted molar refractivity (Wildman–Crippen MR) is 85.9 cm³/mol. The van der Waals surface area contributed by atoms with Gasteiger partial charge in [-0.25, -0.2) is 8.42 Å². The minimum atomic E-state index is -3.24. The van der Waals surface area contributed by atoms with E-state index in [1.807, 2.05) is 32.0 Å². The van der Waals surface area contributed by atoms with Crippen molar-refractivity contribution in [1.29, 1.82) is 0 Å². The first-order chi connectivity index (χ1) is 9.36. The number of nitrogens with one attached hydrogen (secondary N) is 1. The summed E-state index contributed by atoms with van der Waals surface area (Å²) in [6, 6.07) is 5.85. The van der Waals surface area contributed by atoms with Gasteiger partial charge in [0.1, 0.15) is 0 Å². The van der Waals surface area contributed by atoms with Crippen molar-refractivity contribution in [3.8, 4) is 0 Å². The second-order valence-corrected chi connectivity index (χ2v) is 7.35. The van der Waals surface area contributed by atoms with E-state index in [9.17, 15) is 8.42 Å². The van der Waals surface area contributed by atoms with Gasteiger partial charge in [-0.3, -0.25) is 4.31 Å². The summed E-state index contributed by atoms with van der Waals surface area (Å²) >= 11 is 0. The maximum atomic E-state index is 12.3. The van der Waals surface area contributed by atoms with Gasteiger partial charge >= 0.3 is 0 Å². The van der Waals surface area contributed by atoms with Gasteiger partial charge in [-0.05, 0) is 63.0 Å². The van der Waals surface area contributed by atoms with Gasteiger partial charge in [0.2, 0.25) is 10.0 Å². The molecule has 1 aromatic carbocycles. The maximum absolute atomic E-state index is 12.3. The molecule has 0 radical (unpaired) electrons. The molecule has 20 heavy (non-hydrogen) atoms. The lowest BCUT2D eigenvalue weighted by atomic mass is 10.1. The Hall–Kier alpha value is -1.07. The van der Waals surface area contributed by atoms with E-state index in [2.05, 4.69) is 12.2 Å². The molecule has 114 valence electrons. The lowest BCUT2D eigenvalue weighted by Gasteiger charge is -2.20. The fourth-order valence-corrected chi connectivity index (χ4v) is 3.32. The highest BCUT2D eigenvalue weighted by Gasteiger charge is 2.18. The monoisotopic (exact) mass is 298 g/mol. The third-order valence-electron chi connectivity index (χ3n) is 3.17. The summed E-state index contributed by atoms with van der Waals surface area (Å²) < 4.78 is 26.0. The van der Waals surface area contributed by atoms with E-state index >= 15 is 0 Å². The lowest BCUT2D eigenvalue weighted by molar-refractivity contribution is 0.586. The molecule has 0 fully saturated rings. The van der Waals surface area contributed by atoms with Crippen LogP contribution in [0.15, 0.2) is 18.2 Å². The highest BCUT2D eigenvalue weighted by atomic mass is 32.2. The van der Waals surface area contributed by atoms with Gasteiger partial charge in [0.15, 0.2) is 0 Å². The Labute approximate surface area is 123 Å². The molecule has 0 bridgehead atoms. The number of hydrogen-bond donors (Lipinski definition) is 1. The Morgan fingerprint density at radius 1 is 1.10 bits per heavy atom. The van der Waals surface area contributed by atoms with E-state index in [0.717, 1.165) is 36.3 Å². The van der Waals surface area contributed by atoms with Crippen molar-refractivity contribution in [3.63, 3.8) is 0 Å². The van der Waals surface area contributed by atoms with Crippen LogP contribution in [0, 0.1) is 13.8 Å². The number of rotatable bonds is 8. The van der Waals surface area contributed by atoms with E-state index in [0.29, 0.717) is 6.42 Å². The second kappa shape index (κ2) is 7.64. The van der Waals surface area contributed by atoms with Crippen LogP contribution >= 0.6 is 0 Å². The fraction of sp³-hybridized carbons (Fsp3) is 0.600. The van der Waals surface area contributed by atoms with Crippen LogP contribution in [0.1, 0.15) is 30.9 Å². The minimum absolute atomic E-state index is 0.174. The lowest BCUT2D eigenvalue weighted by Crippen LogP contribution is -2.30. The van der Waals surface area contributed by atoms with E-state index in [1.165, 1.54) is 4.31 Å². The number of sulfonamides is 1. The molecule has 0 amide bonds. The van der Waals surface area contributed by atoms with Crippen molar-refractivity contribution in [2.45, 2.75) is 33.6 Å². The summed E-state index contributed by atoms with van der Waals surface area (Å²) in [6.07, 6.45) is 1.70. The number of aryl methyl sites for hydroxylation is 2. The number of hydrogen-bond acceptors (Lipinski definition) is 3. The number of anilines is 1. The Bertz CT molecular complexity index is 506. The van der Waals surface area contributed by atoms with Crippen LogP contribution in [0.5, 0.6) is 0 Å². The predicted octanol–water partition coefficient (Wildman–Crippen LogP) is 2.46. The highest BCUT2D eigenvalue weighted by molar-refractivity contribution is 7.92. The summed E-state index contributed by atoms with van der Waals surface area (Å²) in [7, 11) is -1.61. The molecule has 0 heterocycles. The molecule has 0 atom stereocenters. The van der Waals surface area contributed by atoms with Crippen LogP contribution in [0.3, 0.4) is 0 Å². The van der Waals surface area contributed by atoms with Crippen LogP contribution in [-0.2, 0) is 10.0 Å². The topological polar surface area (TPSA) is 49.4 Å². The number of nitrogens with zero attached hydrogens (tertiary/aromatic N) is 1. The Morgan fingerprint density at radius 2 is 1.70 bits per heavy atom. The van der Waals surface area contributed by atoms with E-state index < -0.39 is 10.0 Å². The van der Waals surface area contributed by atoms with Crippen LogP contribution < -0.4 is 9.62 Å². The summed E-state index contributed by atoms with van der Waals surface area (Å²) in [6.45, 7) is 7.73. The molecule has 4 nitrogen and oxygen atoms in total. The molecule has 0 aliphatic rings. The summed E-state index contributed by atoms with van der Waals surface area (Å²) in [5, 5.41) is 3.22. The molecule has 0 aliphatic heterocycles. The van der Waals surface area contributed by atoms with Crippen molar-refractivity contribution < 1.29 is 8.42 Å². The van der Waals surface area contributed by atoms with Gasteiger partial charge in [-0.2, -0.15) is 0 Å².